The quantitative estimate of drug-likeness (QED) is 0.0699. The molecule has 0 spiro atoms. The van der Waals surface area contributed by atoms with Crippen LogP contribution < -0.4 is 32.3 Å². The topological polar surface area (TPSA) is 217 Å². The van der Waals surface area contributed by atoms with E-state index in [2.05, 4.69) is 26.6 Å². The number of ether oxygens (including phenoxy) is 1. The Morgan fingerprint density at radius 3 is 2.40 bits per heavy atom. The van der Waals surface area contributed by atoms with Crippen LogP contribution in [0, 0.1) is 11.8 Å². The van der Waals surface area contributed by atoms with Crippen LogP contribution in [0.3, 0.4) is 0 Å². The van der Waals surface area contributed by atoms with Gasteiger partial charge in [-0.25, -0.2) is 0 Å². The maximum Gasteiger partial charge on any atom is 0.243 e. The number of furan rings is 1. The van der Waals surface area contributed by atoms with Crippen LogP contribution in [0.1, 0.15) is 50.5 Å². The summed E-state index contributed by atoms with van der Waals surface area (Å²) < 4.78 is 10.8. The van der Waals surface area contributed by atoms with Gasteiger partial charge in [0.2, 0.25) is 29.5 Å². The number of carbonyl (C=O) groups is 5. The monoisotopic (exact) mass is 699 g/mol. The second-order valence-corrected chi connectivity index (χ2v) is 12.7. The number of aliphatic hydroxyl groups is 1. The molecule has 1 aliphatic heterocycles. The van der Waals surface area contributed by atoms with Crippen molar-refractivity contribution in [2.45, 2.75) is 71.3 Å². The van der Waals surface area contributed by atoms with Gasteiger partial charge in [-0.05, 0) is 55.5 Å². The average molecular weight is 700 g/mol. The van der Waals surface area contributed by atoms with Crippen LogP contribution in [-0.4, -0.2) is 104 Å². The summed E-state index contributed by atoms with van der Waals surface area (Å²) in [6.45, 7) is 7.54. The average Bonchev–Trinajstić information content (AvgIpc) is 3.59. The van der Waals surface area contributed by atoms with E-state index < -0.39 is 36.0 Å². The number of hydrogen-bond acceptors (Lipinski definition) is 10. The van der Waals surface area contributed by atoms with E-state index in [4.69, 9.17) is 14.9 Å². The standard InChI is InChI=1S/C35H53N7O8/c1-23-17-28(22-42(21-23)25(3)44)33(46)41-31(19-29-9-6-14-50-29)35(48)39-20-27-8-5-4-7-26(27)18-32(45)40-30(10-12-37-24(2)43)34(47)38-13-16-49-15-11-36/h4-9,14,23-24,28,30-31,37,43H,10-13,15-22,36H2,1-3H3,(H,38,47)(H,39,48)(H,40,45)(H,41,46)/t23-,24?,28+,30-,31-/m0/s1. The first kappa shape index (κ1) is 40.1. The molecule has 1 aliphatic rings. The minimum absolute atomic E-state index is 0.0572. The lowest BCUT2D eigenvalue weighted by atomic mass is 9.89. The number of nitrogens with two attached hydrogens (primary N) is 1. The summed E-state index contributed by atoms with van der Waals surface area (Å²) in [5, 5.41) is 23.7. The van der Waals surface area contributed by atoms with Crippen molar-refractivity contribution in [1.29, 1.82) is 0 Å². The molecule has 15 heteroatoms. The smallest absolute Gasteiger partial charge is 0.243 e. The minimum Gasteiger partial charge on any atom is -0.469 e. The number of nitrogens with one attached hydrogen (secondary N) is 5. The second-order valence-electron chi connectivity index (χ2n) is 12.7. The fraction of sp³-hybridized carbons (Fsp3) is 0.571. The summed E-state index contributed by atoms with van der Waals surface area (Å²) in [5.74, 6) is -1.41. The number of rotatable bonds is 20. The van der Waals surface area contributed by atoms with Gasteiger partial charge >= 0.3 is 0 Å². The molecule has 276 valence electrons. The Morgan fingerprint density at radius 2 is 1.72 bits per heavy atom. The Balaban J connectivity index is 1.64. The van der Waals surface area contributed by atoms with Gasteiger partial charge in [0.15, 0.2) is 0 Å². The van der Waals surface area contributed by atoms with Crippen LogP contribution in [-0.2, 0) is 48.1 Å². The third kappa shape index (κ3) is 13.9. The van der Waals surface area contributed by atoms with Gasteiger partial charge in [0.05, 0.1) is 31.8 Å². The highest BCUT2D eigenvalue weighted by molar-refractivity contribution is 5.90. The summed E-state index contributed by atoms with van der Waals surface area (Å²) in [6.07, 6.45) is 1.62. The van der Waals surface area contributed by atoms with E-state index in [9.17, 15) is 29.1 Å². The molecular weight excluding hydrogens is 646 g/mol. The molecule has 15 nitrogen and oxygen atoms in total. The molecule has 2 aromatic rings. The van der Waals surface area contributed by atoms with Crippen molar-refractivity contribution >= 4 is 29.5 Å². The van der Waals surface area contributed by atoms with Gasteiger partial charge in [-0.1, -0.05) is 31.2 Å². The number of benzene rings is 1. The van der Waals surface area contributed by atoms with E-state index in [1.807, 2.05) is 6.92 Å². The van der Waals surface area contributed by atoms with Gasteiger partial charge in [0.25, 0.3) is 0 Å². The summed E-state index contributed by atoms with van der Waals surface area (Å²) in [4.78, 5) is 66.7. The van der Waals surface area contributed by atoms with Crippen LogP contribution in [0.4, 0.5) is 0 Å². The number of hydrogen-bond donors (Lipinski definition) is 7. The molecule has 1 aromatic carbocycles. The molecule has 1 aromatic heterocycles. The molecule has 0 saturated carbocycles. The predicted molar refractivity (Wildman–Crippen MR) is 185 cm³/mol. The molecule has 8 N–H and O–H groups in total. The summed E-state index contributed by atoms with van der Waals surface area (Å²) in [7, 11) is 0. The Morgan fingerprint density at radius 1 is 0.980 bits per heavy atom. The lowest BCUT2D eigenvalue weighted by Crippen LogP contribution is -2.53. The van der Waals surface area contributed by atoms with Gasteiger partial charge in [-0.15, -0.1) is 0 Å². The predicted octanol–water partition coefficient (Wildman–Crippen LogP) is -0.435. The molecular formula is C35H53N7O8. The van der Waals surface area contributed by atoms with Crippen LogP contribution in [0.25, 0.3) is 0 Å². The molecule has 1 saturated heterocycles. The third-order valence-electron chi connectivity index (χ3n) is 8.35. The van der Waals surface area contributed by atoms with Crippen molar-refractivity contribution in [2.24, 2.45) is 17.6 Å². The highest BCUT2D eigenvalue weighted by atomic mass is 16.5. The summed E-state index contributed by atoms with van der Waals surface area (Å²) in [5.41, 5.74) is 6.75. The third-order valence-corrected chi connectivity index (χ3v) is 8.35. The molecule has 0 radical (unpaired) electrons. The van der Waals surface area contributed by atoms with E-state index in [0.717, 1.165) is 0 Å². The number of carbonyl (C=O) groups excluding carboxylic acids is 5. The molecule has 5 amide bonds. The number of piperidine rings is 1. The maximum absolute atomic E-state index is 13.6. The van der Waals surface area contributed by atoms with E-state index in [1.165, 1.54) is 13.2 Å². The molecule has 2 heterocycles. The van der Waals surface area contributed by atoms with E-state index in [1.54, 1.807) is 48.2 Å². The summed E-state index contributed by atoms with van der Waals surface area (Å²) in [6, 6.07) is 8.76. The molecule has 0 bridgehead atoms. The van der Waals surface area contributed by atoms with Gasteiger partial charge in [-0.2, -0.15) is 0 Å². The van der Waals surface area contributed by atoms with E-state index in [0.29, 0.717) is 49.5 Å². The SMILES string of the molecule is CC(=O)N1C[C@@H](C)C[C@@H](C(=O)N[C@@H](Cc2ccco2)C(=O)NCc2ccccc2CC(=O)N[C@@H](CCNC(C)O)C(=O)NCCOCCN)C1. The van der Waals surface area contributed by atoms with Crippen LogP contribution in [0.15, 0.2) is 47.1 Å². The Bertz CT molecular complexity index is 1390. The highest BCUT2D eigenvalue weighted by Gasteiger charge is 2.33. The van der Waals surface area contributed by atoms with Crippen molar-refractivity contribution in [3.63, 3.8) is 0 Å². The first-order valence-corrected chi connectivity index (χ1v) is 17.2. The van der Waals surface area contributed by atoms with Gasteiger partial charge in [-0.3, -0.25) is 29.3 Å². The molecule has 5 atom stereocenters. The molecule has 1 unspecified atom stereocenters. The van der Waals surface area contributed by atoms with Crippen molar-refractivity contribution in [3.8, 4) is 0 Å². The first-order chi connectivity index (χ1) is 24.0. The second kappa shape index (κ2) is 21.0. The lowest BCUT2D eigenvalue weighted by molar-refractivity contribution is -0.137. The Hall–Kier alpha value is -4.31. The number of amides is 5. The summed E-state index contributed by atoms with van der Waals surface area (Å²) >= 11 is 0. The lowest BCUT2D eigenvalue weighted by Gasteiger charge is -2.35. The van der Waals surface area contributed by atoms with Crippen LogP contribution in [0.2, 0.25) is 0 Å². The zero-order chi connectivity index (χ0) is 36.5. The molecule has 50 heavy (non-hydrogen) atoms. The van der Waals surface area contributed by atoms with Gasteiger partial charge in [0, 0.05) is 46.1 Å². The normalized spacial score (nSPS) is 17.7. The van der Waals surface area contributed by atoms with Crippen molar-refractivity contribution in [2.75, 3.05) is 45.9 Å². The van der Waals surface area contributed by atoms with E-state index in [-0.39, 0.29) is 69.1 Å². The minimum atomic E-state index is -0.942. The molecule has 3 rings (SSSR count). The zero-order valence-electron chi connectivity index (χ0n) is 29.2. The zero-order valence-corrected chi connectivity index (χ0v) is 29.2. The van der Waals surface area contributed by atoms with Crippen LogP contribution >= 0.6 is 0 Å². The number of likely N-dealkylation sites (tertiary alicyclic amines) is 1. The fourth-order valence-corrected chi connectivity index (χ4v) is 5.81. The molecule has 1 fully saturated rings. The number of nitrogens with zero attached hydrogens (tertiary/aromatic N) is 1. The first-order valence-electron chi connectivity index (χ1n) is 17.2. The van der Waals surface area contributed by atoms with Gasteiger partial charge in [0.1, 0.15) is 24.1 Å². The molecule has 0 aliphatic carbocycles. The Kier molecular flexibility index (Phi) is 16.9. The van der Waals surface area contributed by atoms with Crippen molar-refractivity contribution in [3.05, 3.63) is 59.5 Å². The Labute approximate surface area is 293 Å². The highest BCUT2D eigenvalue weighted by Crippen LogP contribution is 2.22. The van der Waals surface area contributed by atoms with Crippen LogP contribution in [0.5, 0.6) is 0 Å². The van der Waals surface area contributed by atoms with Crippen molar-refractivity contribution in [1.82, 2.24) is 31.5 Å². The van der Waals surface area contributed by atoms with E-state index >= 15 is 0 Å². The fourth-order valence-electron chi connectivity index (χ4n) is 5.81. The number of aliphatic hydroxyl groups excluding tert-OH is 1. The maximum atomic E-state index is 13.6. The van der Waals surface area contributed by atoms with Gasteiger partial charge < -0.3 is 46.2 Å². The van der Waals surface area contributed by atoms with Crippen molar-refractivity contribution < 1.29 is 38.2 Å². The largest absolute Gasteiger partial charge is 0.469 e.